The number of pyridine rings is 1. The van der Waals surface area contributed by atoms with Gasteiger partial charge < -0.3 is 14.6 Å². The van der Waals surface area contributed by atoms with Crippen molar-refractivity contribution >= 4 is 17.6 Å². The number of nitrogens with zero attached hydrogens (tertiary/aromatic N) is 1. The largest absolute Gasteiger partial charge is 0.427 e. The van der Waals surface area contributed by atoms with Gasteiger partial charge in [0, 0.05) is 24.3 Å². The van der Waals surface area contributed by atoms with Crippen molar-refractivity contribution < 1.29 is 14.3 Å². The summed E-state index contributed by atoms with van der Waals surface area (Å²) in [6.45, 7) is 6.42. The molecular weight excluding hydrogens is 392 g/mol. The van der Waals surface area contributed by atoms with Gasteiger partial charge >= 0.3 is 5.97 Å². The number of amides is 1. The highest BCUT2D eigenvalue weighted by molar-refractivity contribution is 6.04. The third-order valence-electron chi connectivity index (χ3n) is 5.99. The van der Waals surface area contributed by atoms with E-state index < -0.39 is 5.91 Å². The summed E-state index contributed by atoms with van der Waals surface area (Å²) in [5.74, 6) is 0.170. The minimum Gasteiger partial charge on any atom is -0.427 e. The van der Waals surface area contributed by atoms with Crippen LogP contribution in [0, 0.1) is 12.8 Å². The fraction of sp³-hybridized carbons (Fsp3) is 0.480. The molecule has 6 nitrogen and oxygen atoms in total. The summed E-state index contributed by atoms with van der Waals surface area (Å²) in [6, 6.07) is 8.26. The molecule has 1 amide bonds. The summed E-state index contributed by atoms with van der Waals surface area (Å²) in [4.78, 5) is 37.6. The second-order valence-corrected chi connectivity index (χ2v) is 8.27. The van der Waals surface area contributed by atoms with Crippen molar-refractivity contribution in [2.75, 3.05) is 5.32 Å². The maximum atomic E-state index is 13.3. The number of rotatable bonds is 7. The van der Waals surface area contributed by atoms with Gasteiger partial charge in [0.1, 0.15) is 11.3 Å². The molecule has 0 radical (unpaired) electrons. The number of carbonyl (C=O) groups excluding carboxylic acids is 2. The molecule has 1 N–H and O–H groups in total. The summed E-state index contributed by atoms with van der Waals surface area (Å²) < 4.78 is 6.98. The Bertz CT molecular complexity index is 986. The highest BCUT2D eigenvalue weighted by atomic mass is 16.5. The van der Waals surface area contributed by atoms with Gasteiger partial charge in [-0.2, -0.15) is 0 Å². The zero-order valence-corrected chi connectivity index (χ0v) is 18.7. The zero-order valence-electron chi connectivity index (χ0n) is 18.7. The quantitative estimate of drug-likeness (QED) is 0.508. The SMILES string of the molecule is CCC(=O)Oc1ccc(NC(=O)c2cc(C)c(CC)n(CC3CCCCC3)c2=O)cc1. The molecule has 1 aromatic carbocycles. The Labute approximate surface area is 183 Å². The second kappa shape index (κ2) is 10.4. The molecule has 1 aliphatic carbocycles. The lowest BCUT2D eigenvalue weighted by molar-refractivity contribution is -0.134. The van der Waals surface area contributed by atoms with Crippen molar-refractivity contribution in [3.8, 4) is 5.75 Å². The number of benzene rings is 1. The molecule has 2 aromatic rings. The Morgan fingerprint density at radius 3 is 2.39 bits per heavy atom. The summed E-state index contributed by atoms with van der Waals surface area (Å²) >= 11 is 0. The Morgan fingerprint density at radius 1 is 1.10 bits per heavy atom. The Hall–Kier alpha value is -2.89. The Balaban J connectivity index is 1.82. The fourth-order valence-electron chi connectivity index (χ4n) is 4.30. The third-order valence-corrected chi connectivity index (χ3v) is 5.99. The molecule has 1 heterocycles. The molecule has 0 aliphatic heterocycles. The van der Waals surface area contributed by atoms with Crippen molar-refractivity contribution in [3.63, 3.8) is 0 Å². The van der Waals surface area contributed by atoms with Crippen LogP contribution in [0.25, 0.3) is 0 Å². The zero-order chi connectivity index (χ0) is 22.4. The van der Waals surface area contributed by atoms with Crippen LogP contribution in [0.3, 0.4) is 0 Å². The normalized spacial score (nSPS) is 14.3. The summed E-state index contributed by atoms with van der Waals surface area (Å²) in [5, 5.41) is 2.80. The lowest BCUT2D eigenvalue weighted by atomic mass is 9.89. The Morgan fingerprint density at radius 2 is 1.77 bits per heavy atom. The highest BCUT2D eigenvalue weighted by Gasteiger charge is 2.21. The minimum absolute atomic E-state index is 0.159. The van der Waals surface area contributed by atoms with E-state index in [9.17, 15) is 14.4 Å². The van der Waals surface area contributed by atoms with Crippen LogP contribution in [0.4, 0.5) is 5.69 Å². The number of carbonyl (C=O) groups is 2. The maximum absolute atomic E-state index is 13.3. The van der Waals surface area contributed by atoms with E-state index in [1.807, 2.05) is 18.4 Å². The van der Waals surface area contributed by atoms with Crippen LogP contribution in [0.15, 0.2) is 35.1 Å². The molecule has 0 spiro atoms. The highest BCUT2D eigenvalue weighted by Crippen LogP contribution is 2.25. The van der Waals surface area contributed by atoms with Crippen LogP contribution in [0.5, 0.6) is 5.75 Å². The van der Waals surface area contributed by atoms with Crippen LogP contribution < -0.4 is 15.6 Å². The monoisotopic (exact) mass is 424 g/mol. The predicted octanol–water partition coefficient (Wildman–Crippen LogP) is 4.87. The van der Waals surface area contributed by atoms with Gasteiger partial charge in [0.05, 0.1) is 0 Å². The Kier molecular flexibility index (Phi) is 7.66. The van der Waals surface area contributed by atoms with Crippen molar-refractivity contribution in [3.05, 3.63) is 57.5 Å². The van der Waals surface area contributed by atoms with Crippen LogP contribution in [0.2, 0.25) is 0 Å². The third kappa shape index (κ3) is 5.63. The van der Waals surface area contributed by atoms with E-state index in [-0.39, 0.29) is 17.1 Å². The van der Waals surface area contributed by atoms with Gasteiger partial charge in [0.25, 0.3) is 11.5 Å². The van der Waals surface area contributed by atoms with Crippen LogP contribution in [-0.2, 0) is 17.8 Å². The maximum Gasteiger partial charge on any atom is 0.310 e. The second-order valence-electron chi connectivity index (χ2n) is 8.27. The average molecular weight is 425 g/mol. The molecule has 0 saturated heterocycles. The summed E-state index contributed by atoms with van der Waals surface area (Å²) in [7, 11) is 0. The van der Waals surface area contributed by atoms with Gasteiger partial charge in [-0.3, -0.25) is 14.4 Å². The first-order valence-electron chi connectivity index (χ1n) is 11.3. The molecule has 1 aromatic heterocycles. The molecule has 166 valence electrons. The van der Waals surface area contributed by atoms with E-state index >= 15 is 0 Å². The number of aromatic nitrogens is 1. The van der Waals surface area contributed by atoms with Gasteiger partial charge in [0.15, 0.2) is 0 Å². The number of esters is 1. The van der Waals surface area contributed by atoms with E-state index in [0.29, 0.717) is 30.3 Å². The summed E-state index contributed by atoms with van der Waals surface area (Å²) in [6.07, 6.45) is 7.02. The first-order chi connectivity index (χ1) is 14.9. The van der Waals surface area contributed by atoms with E-state index in [1.165, 1.54) is 19.3 Å². The van der Waals surface area contributed by atoms with E-state index in [0.717, 1.165) is 30.5 Å². The number of nitrogens with one attached hydrogen (secondary N) is 1. The molecule has 0 unspecified atom stereocenters. The fourth-order valence-corrected chi connectivity index (χ4v) is 4.30. The first-order valence-corrected chi connectivity index (χ1v) is 11.3. The van der Waals surface area contributed by atoms with E-state index in [1.54, 1.807) is 37.3 Å². The van der Waals surface area contributed by atoms with E-state index in [4.69, 9.17) is 4.74 Å². The van der Waals surface area contributed by atoms with Gasteiger partial charge in [-0.25, -0.2) is 0 Å². The van der Waals surface area contributed by atoms with Gasteiger partial charge in [-0.05, 0) is 68.0 Å². The van der Waals surface area contributed by atoms with Crippen LogP contribution >= 0.6 is 0 Å². The molecule has 3 rings (SSSR count). The van der Waals surface area contributed by atoms with E-state index in [2.05, 4.69) is 5.32 Å². The van der Waals surface area contributed by atoms with Gasteiger partial charge in [-0.1, -0.05) is 33.1 Å². The lowest BCUT2D eigenvalue weighted by Gasteiger charge is -2.25. The minimum atomic E-state index is -0.425. The van der Waals surface area contributed by atoms with Gasteiger partial charge in [-0.15, -0.1) is 0 Å². The van der Waals surface area contributed by atoms with Crippen molar-refractivity contribution in [2.45, 2.75) is 72.3 Å². The predicted molar refractivity (Wildman–Crippen MR) is 122 cm³/mol. The number of ether oxygens (including phenoxy) is 1. The molecule has 0 atom stereocenters. The van der Waals surface area contributed by atoms with Gasteiger partial charge in [0.2, 0.25) is 0 Å². The van der Waals surface area contributed by atoms with Crippen LogP contribution in [-0.4, -0.2) is 16.4 Å². The lowest BCUT2D eigenvalue weighted by Crippen LogP contribution is -2.34. The number of hydrogen-bond acceptors (Lipinski definition) is 4. The summed E-state index contributed by atoms with van der Waals surface area (Å²) in [5.41, 5.74) is 2.45. The van der Waals surface area contributed by atoms with Crippen LogP contribution in [0.1, 0.15) is 74.0 Å². The molecule has 1 aliphatic rings. The number of anilines is 1. The number of aryl methyl sites for hydroxylation is 1. The van der Waals surface area contributed by atoms with Crippen molar-refractivity contribution in [2.24, 2.45) is 5.92 Å². The molecule has 1 fully saturated rings. The number of hydrogen-bond donors (Lipinski definition) is 1. The first kappa shape index (κ1) is 22.8. The molecule has 31 heavy (non-hydrogen) atoms. The topological polar surface area (TPSA) is 77.4 Å². The smallest absolute Gasteiger partial charge is 0.310 e. The average Bonchev–Trinajstić information content (AvgIpc) is 2.78. The standard InChI is InChI=1S/C25H32N2O4/c1-4-22-17(3)15-21(25(30)27(22)16-18-9-7-6-8-10-18)24(29)26-19-11-13-20(14-12-19)31-23(28)5-2/h11-15,18H,4-10,16H2,1-3H3,(H,26,29). The molecule has 1 saturated carbocycles. The van der Waals surface area contributed by atoms with Crippen molar-refractivity contribution in [1.82, 2.24) is 4.57 Å². The molecule has 0 bridgehead atoms. The molecular formula is C25H32N2O4. The molecule has 6 heteroatoms. The van der Waals surface area contributed by atoms with Crippen molar-refractivity contribution in [1.29, 1.82) is 0 Å².